The van der Waals surface area contributed by atoms with Crippen LogP contribution in [0.5, 0.6) is 5.75 Å². The maximum absolute atomic E-state index is 13.1. The number of hydrogen-bond acceptors (Lipinski definition) is 2. The normalized spacial score (nSPS) is 10.4. The Bertz CT molecular complexity index is 808. The first-order valence-electron chi connectivity index (χ1n) is 7.65. The van der Waals surface area contributed by atoms with Crippen LogP contribution in [0.25, 0.3) is 0 Å². The molecule has 0 saturated carbocycles. The molecular formula is C20H17ClFNO. The van der Waals surface area contributed by atoms with Crippen molar-refractivity contribution in [3.8, 4) is 5.75 Å². The van der Waals surface area contributed by atoms with Gasteiger partial charge in [0, 0.05) is 17.8 Å². The van der Waals surface area contributed by atoms with Crippen molar-refractivity contribution in [1.82, 2.24) is 0 Å². The van der Waals surface area contributed by atoms with Crippen molar-refractivity contribution in [1.29, 1.82) is 0 Å². The number of anilines is 1. The lowest BCUT2D eigenvalue weighted by atomic mass is 10.2. The summed E-state index contributed by atoms with van der Waals surface area (Å²) in [6, 6.07) is 22.2. The molecule has 3 aromatic carbocycles. The van der Waals surface area contributed by atoms with Crippen molar-refractivity contribution >= 4 is 17.3 Å². The molecule has 0 bridgehead atoms. The van der Waals surface area contributed by atoms with Crippen LogP contribution >= 0.6 is 11.6 Å². The highest BCUT2D eigenvalue weighted by Crippen LogP contribution is 2.21. The summed E-state index contributed by atoms with van der Waals surface area (Å²) in [4.78, 5) is 0. The molecule has 1 N–H and O–H groups in total. The Kier molecular flexibility index (Phi) is 5.34. The number of halogens is 2. The van der Waals surface area contributed by atoms with Gasteiger partial charge in [-0.25, -0.2) is 4.39 Å². The molecule has 0 saturated heterocycles. The van der Waals surface area contributed by atoms with Gasteiger partial charge < -0.3 is 10.1 Å². The molecule has 4 heteroatoms. The zero-order valence-corrected chi connectivity index (χ0v) is 13.8. The highest BCUT2D eigenvalue weighted by Gasteiger charge is 2.04. The molecule has 0 aliphatic rings. The van der Waals surface area contributed by atoms with E-state index in [4.69, 9.17) is 16.3 Å². The van der Waals surface area contributed by atoms with Gasteiger partial charge in [0.15, 0.2) is 0 Å². The van der Waals surface area contributed by atoms with Gasteiger partial charge in [-0.3, -0.25) is 0 Å². The van der Waals surface area contributed by atoms with Crippen molar-refractivity contribution in [3.63, 3.8) is 0 Å². The second-order valence-electron chi connectivity index (χ2n) is 5.39. The van der Waals surface area contributed by atoms with Gasteiger partial charge in [-0.1, -0.05) is 48.0 Å². The monoisotopic (exact) mass is 341 g/mol. The third kappa shape index (κ3) is 4.49. The standard InChI is InChI=1S/C20H17ClFNO/c21-20-12-17(22)10-9-16(20)14-24-19-8-4-5-15(11-19)13-23-18-6-2-1-3-7-18/h1-12,23H,13-14H2. The number of nitrogens with one attached hydrogen (secondary N) is 1. The van der Waals surface area contributed by atoms with Gasteiger partial charge >= 0.3 is 0 Å². The Morgan fingerprint density at radius 1 is 0.917 bits per heavy atom. The van der Waals surface area contributed by atoms with Crippen molar-refractivity contribution < 1.29 is 9.13 Å². The van der Waals surface area contributed by atoms with Crippen LogP contribution in [0, 0.1) is 5.82 Å². The molecule has 3 aromatic rings. The minimum Gasteiger partial charge on any atom is -0.489 e. The van der Waals surface area contributed by atoms with Crippen LogP contribution in [0.2, 0.25) is 5.02 Å². The molecule has 0 aliphatic heterocycles. The lowest BCUT2D eigenvalue weighted by Crippen LogP contribution is -2.01. The molecule has 0 heterocycles. The van der Waals surface area contributed by atoms with Crippen molar-refractivity contribution in [2.75, 3.05) is 5.32 Å². The Morgan fingerprint density at radius 2 is 1.75 bits per heavy atom. The molecule has 24 heavy (non-hydrogen) atoms. The first-order valence-corrected chi connectivity index (χ1v) is 8.03. The largest absolute Gasteiger partial charge is 0.489 e. The van der Waals surface area contributed by atoms with Crippen molar-refractivity contribution in [2.45, 2.75) is 13.2 Å². The Morgan fingerprint density at radius 3 is 2.54 bits per heavy atom. The molecule has 0 unspecified atom stereocenters. The Hall–Kier alpha value is -2.52. The SMILES string of the molecule is Fc1ccc(COc2cccc(CNc3ccccc3)c2)c(Cl)c1. The van der Waals surface area contributed by atoms with Gasteiger partial charge in [-0.05, 0) is 42.0 Å². The molecule has 0 amide bonds. The molecule has 3 rings (SSSR count). The molecule has 122 valence electrons. The first-order chi connectivity index (χ1) is 11.7. The van der Waals surface area contributed by atoms with Crippen LogP contribution in [0.15, 0.2) is 72.8 Å². The van der Waals surface area contributed by atoms with Gasteiger partial charge in [0.2, 0.25) is 0 Å². The summed E-state index contributed by atoms with van der Waals surface area (Å²) in [5.41, 5.74) is 2.94. The lowest BCUT2D eigenvalue weighted by Gasteiger charge is -2.10. The first kappa shape index (κ1) is 16.3. The predicted molar refractivity (Wildman–Crippen MR) is 96.0 cm³/mol. The number of benzene rings is 3. The minimum atomic E-state index is -0.349. The van der Waals surface area contributed by atoms with Crippen molar-refractivity contribution in [2.24, 2.45) is 0 Å². The van der Waals surface area contributed by atoms with Crippen LogP contribution < -0.4 is 10.1 Å². The summed E-state index contributed by atoms with van der Waals surface area (Å²) in [5.74, 6) is 0.403. The Balaban J connectivity index is 1.60. The summed E-state index contributed by atoms with van der Waals surface area (Å²) < 4.78 is 18.8. The fraction of sp³-hybridized carbons (Fsp3) is 0.100. The van der Waals surface area contributed by atoms with Gasteiger partial charge in [-0.15, -0.1) is 0 Å². The van der Waals surface area contributed by atoms with Gasteiger partial charge in [0.25, 0.3) is 0 Å². The zero-order valence-electron chi connectivity index (χ0n) is 13.0. The van der Waals surface area contributed by atoms with E-state index < -0.39 is 0 Å². The van der Waals surface area contributed by atoms with E-state index in [1.165, 1.54) is 12.1 Å². The summed E-state index contributed by atoms with van der Waals surface area (Å²) in [6.07, 6.45) is 0. The van der Waals surface area contributed by atoms with E-state index in [0.29, 0.717) is 18.2 Å². The van der Waals surface area contributed by atoms with E-state index >= 15 is 0 Å². The molecule has 0 aliphatic carbocycles. The van der Waals surface area contributed by atoms with E-state index in [1.807, 2.05) is 54.6 Å². The summed E-state index contributed by atoms with van der Waals surface area (Å²) in [7, 11) is 0. The lowest BCUT2D eigenvalue weighted by molar-refractivity contribution is 0.306. The van der Waals surface area contributed by atoms with Gasteiger partial charge in [0.05, 0.1) is 5.02 Å². The summed E-state index contributed by atoms with van der Waals surface area (Å²) in [5, 5.41) is 3.73. The number of rotatable bonds is 6. The molecule has 0 aromatic heterocycles. The fourth-order valence-electron chi connectivity index (χ4n) is 2.31. The van der Waals surface area contributed by atoms with E-state index in [9.17, 15) is 4.39 Å². The second-order valence-corrected chi connectivity index (χ2v) is 5.80. The molecule has 0 spiro atoms. The quantitative estimate of drug-likeness (QED) is 0.623. The second kappa shape index (κ2) is 7.84. The molecular weight excluding hydrogens is 325 g/mol. The van der Waals surface area contributed by atoms with Crippen LogP contribution in [-0.4, -0.2) is 0 Å². The maximum atomic E-state index is 13.1. The fourth-order valence-corrected chi connectivity index (χ4v) is 2.53. The number of para-hydroxylation sites is 1. The minimum absolute atomic E-state index is 0.300. The maximum Gasteiger partial charge on any atom is 0.124 e. The third-order valence-corrected chi connectivity index (χ3v) is 3.93. The molecule has 2 nitrogen and oxygen atoms in total. The van der Waals surface area contributed by atoms with E-state index in [0.717, 1.165) is 22.6 Å². The van der Waals surface area contributed by atoms with E-state index in [2.05, 4.69) is 5.32 Å². The van der Waals surface area contributed by atoms with Crippen LogP contribution in [0.1, 0.15) is 11.1 Å². The van der Waals surface area contributed by atoms with Crippen LogP contribution in [0.4, 0.5) is 10.1 Å². The van der Waals surface area contributed by atoms with E-state index in [-0.39, 0.29) is 5.82 Å². The van der Waals surface area contributed by atoms with Crippen LogP contribution in [-0.2, 0) is 13.2 Å². The Labute approximate surface area is 145 Å². The predicted octanol–water partition coefficient (Wildman–Crippen LogP) is 5.67. The van der Waals surface area contributed by atoms with Crippen molar-refractivity contribution in [3.05, 3.63) is 94.8 Å². The van der Waals surface area contributed by atoms with Crippen LogP contribution in [0.3, 0.4) is 0 Å². The molecule has 0 atom stereocenters. The van der Waals surface area contributed by atoms with E-state index in [1.54, 1.807) is 6.07 Å². The topological polar surface area (TPSA) is 21.3 Å². The summed E-state index contributed by atoms with van der Waals surface area (Å²) >= 11 is 6.01. The average Bonchev–Trinajstić information content (AvgIpc) is 2.60. The number of ether oxygens (including phenoxy) is 1. The highest BCUT2D eigenvalue weighted by atomic mass is 35.5. The third-order valence-electron chi connectivity index (χ3n) is 3.58. The average molecular weight is 342 g/mol. The highest BCUT2D eigenvalue weighted by molar-refractivity contribution is 6.31. The van der Waals surface area contributed by atoms with Gasteiger partial charge in [-0.2, -0.15) is 0 Å². The van der Waals surface area contributed by atoms with Gasteiger partial charge in [0.1, 0.15) is 18.2 Å². The number of hydrogen-bond donors (Lipinski definition) is 1. The molecule has 0 fully saturated rings. The summed E-state index contributed by atoms with van der Waals surface area (Å²) in [6.45, 7) is 1.01. The smallest absolute Gasteiger partial charge is 0.124 e. The molecule has 0 radical (unpaired) electrons. The zero-order chi connectivity index (χ0) is 16.8.